The molecule has 2 N–H and O–H groups in total. The molecule has 0 aliphatic heterocycles. The first-order valence-corrected chi connectivity index (χ1v) is 6.65. The van der Waals surface area contributed by atoms with E-state index in [1.54, 1.807) is 0 Å². The van der Waals surface area contributed by atoms with Gasteiger partial charge in [-0.2, -0.15) is 0 Å². The Hall–Kier alpha value is -1.02. The predicted octanol–water partition coefficient (Wildman–Crippen LogP) is 1.66. The van der Waals surface area contributed by atoms with E-state index < -0.39 is 13.0 Å². The topological polar surface area (TPSA) is 52.3 Å². The molecule has 0 heterocycles. The summed E-state index contributed by atoms with van der Waals surface area (Å²) in [6, 6.07) is 2.60. The van der Waals surface area contributed by atoms with E-state index in [-0.39, 0.29) is 11.1 Å². The number of hydrogen-bond donors (Lipinski definition) is 1. The average molecular weight is 217 g/mol. The number of benzene rings is 1. The van der Waals surface area contributed by atoms with E-state index in [4.69, 9.17) is 10.5 Å². The molecule has 0 aliphatic carbocycles. The minimum Gasteiger partial charge on any atom is -0.493 e. The lowest BCUT2D eigenvalue weighted by atomic mass is 10.3. The van der Waals surface area contributed by atoms with Crippen LogP contribution in [0.5, 0.6) is 5.75 Å². The van der Waals surface area contributed by atoms with Gasteiger partial charge in [0, 0.05) is 5.69 Å². The Balaban J connectivity index is 3.54. The van der Waals surface area contributed by atoms with Crippen molar-refractivity contribution >= 4 is 18.1 Å². The van der Waals surface area contributed by atoms with Crippen LogP contribution < -0.4 is 15.8 Å². The third-order valence-electron chi connectivity index (χ3n) is 1.86. The molecule has 78 valence electrons. The summed E-state index contributed by atoms with van der Waals surface area (Å²) in [5.41, 5.74) is 5.94. The Bertz CT molecular complexity index is 400. The van der Waals surface area contributed by atoms with Crippen molar-refractivity contribution in [2.24, 2.45) is 0 Å². The number of nitrogens with two attached hydrogens (primary N) is 1. The largest absolute Gasteiger partial charge is 0.493 e. The van der Waals surface area contributed by atoms with Crippen LogP contribution in [0.2, 0.25) is 0 Å². The van der Waals surface area contributed by atoms with Crippen molar-refractivity contribution in [1.82, 2.24) is 0 Å². The molecule has 0 fully saturated rings. The van der Waals surface area contributed by atoms with E-state index in [0.29, 0.717) is 5.69 Å². The zero-order chi connectivity index (χ0) is 10.9. The van der Waals surface area contributed by atoms with Crippen LogP contribution in [0.3, 0.4) is 0 Å². The summed E-state index contributed by atoms with van der Waals surface area (Å²) in [5.74, 6) is -0.557. The molecule has 0 unspecified atom stereocenters. The summed E-state index contributed by atoms with van der Waals surface area (Å²) in [7, 11) is -1.30. The van der Waals surface area contributed by atoms with Gasteiger partial charge in [0.15, 0.2) is 11.6 Å². The van der Waals surface area contributed by atoms with Crippen molar-refractivity contribution < 1.29 is 13.7 Å². The normalized spacial score (nSPS) is 11.4. The molecule has 0 bridgehead atoms. The minimum absolute atomic E-state index is 0.0154. The molecule has 0 spiro atoms. The highest BCUT2D eigenvalue weighted by atomic mass is 31.2. The third-order valence-corrected chi connectivity index (χ3v) is 3.40. The summed E-state index contributed by atoms with van der Waals surface area (Å²) in [4.78, 5) is 0. The second kappa shape index (κ2) is 3.62. The Morgan fingerprint density at radius 3 is 2.36 bits per heavy atom. The van der Waals surface area contributed by atoms with E-state index in [9.17, 15) is 8.96 Å². The Labute approximate surface area is 82.4 Å². The molecule has 1 aromatic rings. The molecule has 5 heteroatoms. The predicted molar refractivity (Wildman–Crippen MR) is 56.5 cm³/mol. The Morgan fingerprint density at radius 2 is 2.00 bits per heavy atom. The highest BCUT2D eigenvalue weighted by Gasteiger charge is 2.23. The first-order valence-electron chi connectivity index (χ1n) is 4.05. The van der Waals surface area contributed by atoms with E-state index in [1.807, 2.05) is 0 Å². The van der Waals surface area contributed by atoms with Crippen molar-refractivity contribution in [2.75, 3.05) is 26.2 Å². The molecule has 0 aromatic heterocycles. The fraction of sp³-hybridized carbons (Fsp3) is 0.333. The molecular formula is C9H13FNO2P. The molecule has 14 heavy (non-hydrogen) atoms. The summed E-state index contributed by atoms with van der Waals surface area (Å²) in [5, 5.41) is 0.278. The lowest BCUT2D eigenvalue weighted by Crippen LogP contribution is -2.14. The first-order chi connectivity index (χ1) is 6.38. The number of rotatable bonds is 2. The van der Waals surface area contributed by atoms with Gasteiger partial charge in [-0.1, -0.05) is 0 Å². The van der Waals surface area contributed by atoms with Gasteiger partial charge in [-0.05, 0) is 25.5 Å². The van der Waals surface area contributed by atoms with Gasteiger partial charge in [-0.15, -0.1) is 0 Å². The van der Waals surface area contributed by atoms with Crippen molar-refractivity contribution in [2.45, 2.75) is 0 Å². The van der Waals surface area contributed by atoms with E-state index >= 15 is 0 Å². The van der Waals surface area contributed by atoms with Crippen LogP contribution in [0.25, 0.3) is 0 Å². The van der Waals surface area contributed by atoms with E-state index in [0.717, 1.165) is 0 Å². The molecule has 0 saturated heterocycles. The SMILES string of the molecule is COc1c(F)ccc(N)c1P(C)(C)=O. The number of anilines is 1. The molecule has 0 radical (unpaired) electrons. The first kappa shape index (κ1) is 11.1. The van der Waals surface area contributed by atoms with Crippen molar-refractivity contribution in [3.8, 4) is 5.75 Å². The fourth-order valence-electron chi connectivity index (χ4n) is 1.31. The van der Waals surface area contributed by atoms with Gasteiger partial charge in [-0.3, -0.25) is 0 Å². The molecule has 0 amide bonds. The summed E-state index contributed by atoms with van der Waals surface area (Å²) in [6.07, 6.45) is 0. The molecule has 0 aliphatic rings. The van der Waals surface area contributed by atoms with Gasteiger partial charge in [0.1, 0.15) is 7.14 Å². The minimum atomic E-state index is -2.63. The molecular weight excluding hydrogens is 204 g/mol. The van der Waals surface area contributed by atoms with E-state index in [1.165, 1.54) is 32.6 Å². The van der Waals surface area contributed by atoms with Crippen LogP contribution in [0, 0.1) is 5.82 Å². The van der Waals surface area contributed by atoms with Crippen LogP contribution in [-0.2, 0) is 4.57 Å². The summed E-state index contributed by atoms with van der Waals surface area (Å²) >= 11 is 0. The maximum absolute atomic E-state index is 13.3. The van der Waals surface area contributed by atoms with Gasteiger partial charge in [0.2, 0.25) is 0 Å². The van der Waals surface area contributed by atoms with E-state index in [2.05, 4.69) is 0 Å². The second-order valence-electron chi connectivity index (χ2n) is 3.37. The molecule has 1 aromatic carbocycles. The maximum atomic E-state index is 13.3. The van der Waals surface area contributed by atoms with Crippen LogP contribution in [0.4, 0.5) is 10.1 Å². The Kier molecular flexibility index (Phi) is 2.86. The Morgan fingerprint density at radius 1 is 1.43 bits per heavy atom. The van der Waals surface area contributed by atoms with Gasteiger partial charge in [0.05, 0.1) is 12.4 Å². The zero-order valence-corrected chi connectivity index (χ0v) is 9.27. The lowest BCUT2D eigenvalue weighted by Gasteiger charge is -2.15. The molecule has 1 rings (SSSR count). The number of halogens is 1. The highest BCUT2D eigenvalue weighted by molar-refractivity contribution is 7.70. The molecule has 0 atom stereocenters. The quantitative estimate of drug-likeness (QED) is 0.605. The standard InChI is InChI=1S/C9H13FNO2P/c1-13-8-6(10)4-5-7(11)9(8)14(2,3)12/h4-5H,11H2,1-3H3. The number of methoxy groups -OCH3 is 1. The van der Waals surface area contributed by atoms with Crippen LogP contribution in [0.15, 0.2) is 12.1 Å². The second-order valence-corrected chi connectivity index (χ2v) is 6.52. The summed E-state index contributed by atoms with van der Waals surface area (Å²) < 4.78 is 30.0. The van der Waals surface area contributed by atoms with Crippen molar-refractivity contribution in [3.05, 3.63) is 17.9 Å². The van der Waals surface area contributed by atoms with Gasteiger partial charge in [-0.25, -0.2) is 4.39 Å². The molecule has 3 nitrogen and oxygen atoms in total. The highest BCUT2D eigenvalue weighted by Crippen LogP contribution is 2.41. The maximum Gasteiger partial charge on any atom is 0.167 e. The van der Waals surface area contributed by atoms with Gasteiger partial charge < -0.3 is 15.0 Å². The smallest absolute Gasteiger partial charge is 0.167 e. The van der Waals surface area contributed by atoms with Crippen molar-refractivity contribution in [1.29, 1.82) is 0 Å². The third kappa shape index (κ3) is 1.90. The molecule has 0 saturated carbocycles. The monoisotopic (exact) mass is 217 g/mol. The van der Waals surface area contributed by atoms with Gasteiger partial charge >= 0.3 is 0 Å². The fourth-order valence-corrected chi connectivity index (χ4v) is 2.69. The number of hydrogen-bond acceptors (Lipinski definition) is 3. The van der Waals surface area contributed by atoms with Crippen LogP contribution in [0.1, 0.15) is 0 Å². The number of ether oxygens (including phenoxy) is 1. The zero-order valence-electron chi connectivity index (χ0n) is 8.37. The summed E-state index contributed by atoms with van der Waals surface area (Å²) in [6.45, 7) is 3.06. The van der Waals surface area contributed by atoms with Crippen LogP contribution in [-0.4, -0.2) is 20.4 Å². The average Bonchev–Trinajstić information content (AvgIpc) is 2.06. The lowest BCUT2D eigenvalue weighted by molar-refractivity contribution is 0.390. The number of nitrogen functional groups attached to an aromatic ring is 1. The van der Waals surface area contributed by atoms with Gasteiger partial charge in [0.25, 0.3) is 0 Å². The van der Waals surface area contributed by atoms with Crippen LogP contribution >= 0.6 is 7.14 Å². The van der Waals surface area contributed by atoms with Crippen molar-refractivity contribution in [3.63, 3.8) is 0 Å².